The van der Waals surface area contributed by atoms with Crippen molar-refractivity contribution in [3.8, 4) is 0 Å². The van der Waals surface area contributed by atoms with Gasteiger partial charge in [0.15, 0.2) is 5.78 Å². The number of carbonyl (C=O) groups excluding carboxylic acids is 3. The summed E-state index contributed by atoms with van der Waals surface area (Å²) in [6.45, 7) is 3.20. The molecular weight excluding hydrogens is 230 g/mol. The lowest BCUT2D eigenvalue weighted by atomic mass is 10.1. The minimum absolute atomic E-state index is 0.239. The van der Waals surface area contributed by atoms with Crippen molar-refractivity contribution in [3.05, 3.63) is 60.2 Å². The van der Waals surface area contributed by atoms with Crippen molar-refractivity contribution in [2.45, 2.75) is 0 Å². The second kappa shape index (κ2) is 4.79. The molecule has 0 saturated carbocycles. The SMILES string of the molecule is C=C/C=C\C(=O)CN1C(=O)c2ccccc2C1=O. The molecule has 18 heavy (non-hydrogen) atoms. The van der Waals surface area contributed by atoms with Gasteiger partial charge in [0.2, 0.25) is 0 Å². The van der Waals surface area contributed by atoms with Gasteiger partial charge < -0.3 is 0 Å². The third-order valence-corrected chi connectivity index (χ3v) is 2.61. The monoisotopic (exact) mass is 241 g/mol. The van der Waals surface area contributed by atoms with E-state index in [-0.39, 0.29) is 12.3 Å². The molecule has 0 atom stereocenters. The highest BCUT2D eigenvalue weighted by molar-refractivity contribution is 6.22. The predicted octanol–water partition coefficient (Wildman–Crippen LogP) is 1.59. The van der Waals surface area contributed by atoms with Gasteiger partial charge in [-0.25, -0.2) is 0 Å². The Balaban J connectivity index is 2.21. The maximum atomic E-state index is 11.9. The molecule has 90 valence electrons. The summed E-state index contributed by atoms with van der Waals surface area (Å²) in [5, 5.41) is 0. The van der Waals surface area contributed by atoms with E-state index in [1.54, 1.807) is 24.3 Å². The zero-order chi connectivity index (χ0) is 13.1. The van der Waals surface area contributed by atoms with E-state index >= 15 is 0 Å². The van der Waals surface area contributed by atoms with Crippen LogP contribution in [0.1, 0.15) is 20.7 Å². The lowest BCUT2D eigenvalue weighted by molar-refractivity contribution is -0.114. The smallest absolute Gasteiger partial charge is 0.261 e. The fourth-order valence-electron chi connectivity index (χ4n) is 1.77. The summed E-state index contributed by atoms with van der Waals surface area (Å²) < 4.78 is 0. The Bertz CT molecular complexity index is 537. The molecule has 1 heterocycles. The molecule has 0 spiro atoms. The van der Waals surface area contributed by atoms with Crippen LogP contribution < -0.4 is 0 Å². The maximum absolute atomic E-state index is 11.9. The van der Waals surface area contributed by atoms with E-state index in [0.717, 1.165) is 4.90 Å². The Hall–Kier alpha value is -2.49. The van der Waals surface area contributed by atoms with Gasteiger partial charge >= 0.3 is 0 Å². The second-order valence-electron chi connectivity index (χ2n) is 3.80. The summed E-state index contributed by atoms with van der Waals surface area (Å²) in [7, 11) is 0. The van der Waals surface area contributed by atoms with Crippen LogP contribution in [-0.2, 0) is 4.79 Å². The van der Waals surface area contributed by atoms with Gasteiger partial charge in [0.25, 0.3) is 11.8 Å². The van der Waals surface area contributed by atoms with Crippen LogP contribution in [0.4, 0.5) is 0 Å². The van der Waals surface area contributed by atoms with Gasteiger partial charge in [0.1, 0.15) is 0 Å². The molecule has 0 aliphatic carbocycles. The molecule has 1 aliphatic heterocycles. The number of hydrogen-bond acceptors (Lipinski definition) is 3. The van der Waals surface area contributed by atoms with Crippen molar-refractivity contribution in [1.82, 2.24) is 4.90 Å². The highest BCUT2D eigenvalue weighted by Crippen LogP contribution is 2.21. The van der Waals surface area contributed by atoms with E-state index in [4.69, 9.17) is 0 Å². The quantitative estimate of drug-likeness (QED) is 0.457. The van der Waals surface area contributed by atoms with Crippen LogP contribution in [0.5, 0.6) is 0 Å². The van der Waals surface area contributed by atoms with E-state index in [1.807, 2.05) is 0 Å². The van der Waals surface area contributed by atoms with E-state index in [0.29, 0.717) is 11.1 Å². The number of ketones is 1. The molecule has 4 nitrogen and oxygen atoms in total. The van der Waals surface area contributed by atoms with Crippen LogP contribution >= 0.6 is 0 Å². The Kier molecular flexibility index (Phi) is 3.19. The van der Waals surface area contributed by atoms with Crippen molar-refractivity contribution < 1.29 is 14.4 Å². The van der Waals surface area contributed by atoms with E-state index in [2.05, 4.69) is 6.58 Å². The van der Waals surface area contributed by atoms with Crippen molar-refractivity contribution in [2.75, 3.05) is 6.54 Å². The summed E-state index contributed by atoms with van der Waals surface area (Å²) in [5.74, 6) is -1.16. The molecule has 0 aromatic heterocycles. The molecule has 0 unspecified atom stereocenters. The van der Waals surface area contributed by atoms with Crippen molar-refractivity contribution >= 4 is 17.6 Å². The Morgan fingerprint density at radius 2 is 1.72 bits per heavy atom. The van der Waals surface area contributed by atoms with Crippen LogP contribution in [0, 0.1) is 0 Å². The first-order valence-corrected chi connectivity index (χ1v) is 5.42. The molecule has 2 amide bonds. The molecule has 1 aromatic rings. The molecule has 1 aromatic carbocycles. The first-order chi connectivity index (χ1) is 8.65. The van der Waals surface area contributed by atoms with Crippen molar-refractivity contribution in [1.29, 1.82) is 0 Å². The largest absolute Gasteiger partial charge is 0.293 e. The first kappa shape index (κ1) is 12.0. The number of allylic oxidation sites excluding steroid dienone is 2. The number of fused-ring (bicyclic) bond motifs is 1. The Morgan fingerprint density at radius 3 is 2.22 bits per heavy atom. The Morgan fingerprint density at radius 1 is 1.17 bits per heavy atom. The molecule has 4 heteroatoms. The van der Waals surface area contributed by atoms with Crippen LogP contribution in [0.15, 0.2) is 49.1 Å². The summed E-state index contributed by atoms with van der Waals surface area (Å²) in [6, 6.07) is 6.54. The lowest BCUT2D eigenvalue weighted by Crippen LogP contribution is -2.34. The number of amides is 2. The highest BCUT2D eigenvalue weighted by Gasteiger charge is 2.35. The first-order valence-electron chi connectivity index (χ1n) is 5.42. The minimum Gasteiger partial charge on any atom is -0.293 e. The number of imide groups is 1. The Labute approximate surface area is 104 Å². The standard InChI is InChI=1S/C14H11NO3/c1-2-3-6-10(16)9-15-13(17)11-7-4-5-8-12(11)14(15)18/h2-8H,1,9H2/b6-3-. The van der Waals surface area contributed by atoms with Gasteiger partial charge in [-0.15, -0.1) is 0 Å². The van der Waals surface area contributed by atoms with Crippen LogP contribution in [0.2, 0.25) is 0 Å². The maximum Gasteiger partial charge on any atom is 0.261 e. The van der Waals surface area contributed by atoms with Crippen molar-refractivity contribution in [2.24, 2.45) is 0 Å². The predicted molar refractivity (Wildman–Crippen MR) is 66.2 cm³/mol. The highest BCUT2D eigenvalue weighted by atomic mass is 16.2. The van der Waals surface area contributed by atoms with E-state index < -0.39 is 11.8 Å². The van der Waals surface area contributed by atoms with Crippen LogP contribution in [0.3, 0.4) is 0 Å². The molecule has 0 bridgehead atoms. The summed E-state index contributed by atoms with van der Waals surface area (Å²) >= 11 is 0. The van der Waals surface area contributed by atoms with Gasteiger partial charge in [-0.3, -0.25) is 19.3 Å². The number of hydrogen-bond donors (Lipinski definition) is 0. The van der Waals surface area contributed by atoms with Crippen LogP contribution in [-0.4, -0.2) is 29.0 Å². The lowest BCUT2D eigenvalue weighted by Gasteiger charge is -2.10. The average Bonchev–Trinajstić information content (AvgIpc) is 2.62. The molecule has 1 aliphatic rings. The fourth-order valence-corrected chi connectivity index (χ4v) is 1.77. The van der Waals surface area contributed by atoms with Gasteiger partial charge in [-0.1, -0.05) is 30.9 Å². The third kappa shape index (κ3) is 2.00. The normalized spacial score (nSPS) is 14.1. The summed E-state index contributed by atoms with van der Waals surface area (Å²) in [5.41, 5.74) is 0.700. The number of benzene rings is 1. The van der Waals surface area contributed by atoms with Gasteiger partial charge in [0.05, 0.1) is 17.7 Å². The second-order valence-corrected chi connectivity index (χ2v) is 3.80. The molecule has 0 N–H and O–H groups in total. The van der Waals surface area contributed by atoms with E-state index in [9.17, 15) is 14.4 Å². The molecule has 2 rings (SSSR count). The topological polar surface area (TPSA) is 54.5 Å². The summed E-state index contributed by atoms with van der Waals surface area (Å²) in [4.78, 5) is 36.3. The zero-order valence-corrected chi connectivity index (χ0v) is 9.63. The van der Waals surface area contributed by atoms with Gasteiger partial charge in [0, 0.05) is 0 Å². The van der Waals surface area contributed by atoms with Crippen LogP contribution in [0.25, 0.3) is 0 Å². The zero-order valence-electron chi connectivity index (χ0n) is 9.63. The minimum atomic E-state index is -0.420. The molecule has 0 radical (unpaired) electrons. The number of nitrogens with zero attached hydrogens (tertiary/aromatic N) is 1. The van der Waals surface area contributed by atoms with Gasteiger partial charge in [-0.05, 0) is 18.2 Å². The molecule has 0 saturated heterocycles. The fraction of sp³-hybridized carbons (Fsp3) is 0.0714. The van der Waals surface area contributed by atoms with Crippen molar-refractivity contribution in [3.63, 3.8) is 0 Å². The molecular formula is C14H11NO3. The average molecular weight is 241 g/mol. The number of rotatable bonds is 4. The molecule has 0 fully saturated rings. The number of carbonyl (C=O) groups is 3. The van der Waals surface area contributed by atoms with E-state index in [1.165, 1.54) is 18.2 Å². The summed E-state index contributed by atoms with van der Waals surface area (Å²) in [6.07, 6.45) is 4.22. The third-order valence-electron chi connectivity index (χ3n) is 2.61. The van der Waals surface area contributed by atoms with Gasteiger partial charge in [-0.2, -0.15) is 0 Å².